The van der Waals surface area contributed by atoms with Crippen molar-refractivity contribution in [3.05, 3.63) is 32.3 Å². The fraction of sp³-hybridized carbons (Fsp3) is 0.125. The molecule has 0 heterocycles. The molecule has 0 aromatic heterocycles. The number of nitrogens with zero attached hydrogens (tertiary/aromatic N) is 1. The fourth-order valence-corrected chi connectivity index (χ4v) is 1.60. The molecule has 0 aliphatic rings. The smallest absolute Gasteiger partial charge is 0.274 e. The number of carbonyl (C=O) groups excluding carboxylic acids is 1. The summed E-state index contributed by atoms with van der Waals surface area (Å²) in [5.74, 6) is 0. The second-order valence-electron chi connectivity index (χ2n) is 2.64. The second kappa shape index (κ2) is 4.19. The summed E-state index contributed by atoms with van der Waals surface area (Å²) in [6, 6.07) is 2.90. The molecule has 1 aromatic rings. The number of nitrogens with one attached hydrogen (secondary N) is 1. The van der Waals surface area contributed by atoms with Gasteiger partial charge in [-0.05, 0) is 28.9 Å². The third-order valence-corrected chi connectivity index (χ3v) is 2.35. The molecule has 14 heavy (non-hydrogen) atoms. The summed E-state index contributed by atoms with van der Waals surface area (Å²) in [5, 5.41) is 12.9. The monoisotopic (exact) mass is 258 g/mol. The number of rotatable bonds is 3. The Balaban J connectivity index is 3.26. The van der Waals surface area contributed by atoms with Gasteiger partial charge < -0.3 is 5.32 Å². The molecule has 1 rings (SSSR count). The highest BCUT2D eigenvalue weighted by Crippen LogP contribution is 2.30. The van der Waals surface area contributed by atoms with Crippen molar-refractivity contribution in [1.82, 2.24) is 0 Å². The normalized spacial score (nSPS) is 9.57. The van der Waals surface area contributed by atoms with Gasteiger partial charge in [0.25, 0.3) is 5.69 Å². The van der Waals surface area contributed by atoms with E-state index >= 15 is 0 Å². The van der Waals surface area contributed by atoms with Crippen LogP contribution >= 0.6 is 15.9 Å². The van der Waals surface area contributed by atoms with Crippen LogP contribution in [-0.2, 0) is 4.79 Å². The standard InChI is InChI=1S/C8H7BrN2O3/c1-5-2-6(9)7(10-4-12)3-8(5)11(13)14/h2-4H,1H3,(H,10,12). The first-order valence-corrected chi connectivity index (χ1v) is 4.50. The van der Waals surface area contributed by atoms with Gasteiger partial charge in [0.05, 0.1) is 10.6 Å². The number of amides is 1. The Hall–Kier alpha value is -1.43. The minimum atomic E-state index is -0.488. The van der Waals surface area contributed by atoms with Crippen molar-refractivity contribution in [3.63, 3.8) is 0 Å². The van der Waals surface area contributed by atoms with Gasteiger partial charge in [0.1, 0.15) is 0 Å². The van der Waals surface area contributed by atoms with Crippen LogP contribution in [0.3, 0.4) is 0 Å². The van der Waals surface area contributed by atoms with Gasteiger partial charge in [-0.2, -0.15) is 0 Å². The maximum atomic E-state index is 10.6. The molecule has 74 valence electrons. The molecule has 5 nitrogen and oxygen atoms in total. The van der Waals surface area contributed by atoms with Crippen molar-refractivity contribution in [2.45, 2.75) is 6.92 Å². The van der Waals surface area contributed by atoms with Crippen LogP contribution in [0.5, 0.6) is 0 Å². The van der Waals surface area contributed by atoms with Crippen LogP contribution in [0, 0.1) is 17.0 Å². The Morgan fingerprint density at radius 3 is 2.71 bits per heavy atom. The molecular formula is C8H7BrN2O3. The van der Waals surface area contributed by atoms with Gasteiger partial charge in [-0.15, -0.1) is 0 Å². The van der Waals surface area contributed by atoms with Gasteiger partial charge in [-0.1, -0.05) is 0 Å². The molecular weight excluding hydrogens is 252 g/mol. The Kier molecular flexibility index (Phi) is 3.19. The maximum absolute atomic E-state index is 10.6. The largest absolute Gasteiger partial charge is 0.327 e. The van der Waals surface area contributed by atoms with Crippen LogP contribution in [0.25, 0.3) is 0 Å². The SMILES string of the molecule is Cc1cc(Br)c(NC=O)cc1[N+](=O)[O-]. The van der Waals surface area contributed by atoms with Gasteiger partial charge in [-0.25, -0.2) is 0 Å². The van der Waals surface area contributed by atoms with Crippen molar-refractivity contribution in [3.8, 4) is 0 Å². The van der Waals surface area contributed by atoms with Crippen LogP contribution < -0.4 is 5.32 Å². The van der Waals surface area contributed by atoms with Gasteiger partial charge in [0.2, 0.25) is 6.41 Å². The first-order chi connectivity index (χ1) is 6.56. The van der Waals surface area contributed by atoms with Crippen LogP contribution in [0.15, 0.2) is 16.6 Å². The Labute approximate surface area is 88.4 Å². The molecule has 0 unspecified atom stereocenters. The van der Waals surface area contributed by atoms with E-state index in [1.807, 2.05) is 0 Å². The number of benzene rings is 1. The average molecular weight is 259 g/mol. The lowest BCUT2D eigenvalue weighted by molar-refractivity contribution is -0.385. The number of carbonyl (C=O) groups is 1. The summed E-state index contributed by atoms with van der Waals surface area (Å²) in [4.78, 5) is 20.3. The Morgan fingerprint density at radius 2 is 2.21 bits per heavy atom. The van der Waals surface area contributed by atoms with E-state index in [0.717, 1.165) is 0 Å². The van der Waals surface area contributed by atoms with E-state index in [-0.39, 0.29) is 5.69 Å². The van der Waals surface area contributed by atoms with E-state index in [9.17, 15) is 14.9 Å². The molecule has 0 bridgehead atoms. The predicted octanol–water partition coefficient (Wildman–Crippen LogP) is 2.23. The summed E-state index contributed by atoms with van der Waals surface area (Å²) < 4.78 is 0.618. The summed E-state index contributed by atoms with van der Waals surface area (Å²) in [6.07, 6.45) is 0.471. The second-order valence-corrected chi connectivity index (χ2v) is 3.49. The fourth-order valence-electron chi connectivity index (χ4n) is 1.03. The summed E-state index contributed by atoms with van der Waals surface area (Å²) in [7, 11) is 0. The molecule has 0 aliphatic heterocycles. The van der Waals surface area contributed by atoms with Gasteiger partial charge >= 0.3 is 0 Å². The van der Waals surface area contributed by atoms with E-state index in [4.69, 9.17) is 0 Å². The van der Waals surface area contributed by atoms with Crippen LogP contribution in [0.4, 0.5) is 11.4 Å². The zero-order valence-electron chi connectivity index (χ0n) is 7.28. The third kappa shape index (κ3) is 2.08. The molecule has 0 saturated heterocycles. The zero-order valence-corrected chi connectivity index (χ0v) is 8.87. The van der Waals surface area contributed by atoms with Crippen molar-refractivity contribution < 1.29 is 9.72 Å². The summed E-state index contributed by atoms with van der Waals surface area (Å²) in [6.45, 7) is 1.63. The number of nitro benzene ring substituents is 1. The summed E-state index contributed by atoms with van der Waals surface area (Å²) in [5.41, 5.74) is 0.910. The highest BCUT2D eigenvalue weighted by Gasteiger charge is 2.13. The van der Waals surface area contributed by atoms with E-state index < -0.39 is 4.92 Å². The van der Waals surface area contributed by atoms with Crippen molar-refractivity contribution in [1.29, 1.82) is 0 Å². The number of nitro groups is 1. The highest BCUT2D eigenvalue weighted by molar-refractivity contribution is 9.10. The lowest BCUT2D eigenvalue weighted by Crippen LogP contribution is -1.98. The van der Waals surface area contributed by atoms with Crippen molar-refractivity contribution in [2.75, 3.05) is 5.32 Å². The number of aryl methyl sites for hydroxylation is 1. The predicted molar refractivity (Wildman–Crippen MR) is 55.2 cm³/mol. The van der Waals surface area contributed by atoms with E-state index in [1.165, 1.54) is 6.07 Å². The summed E-state index contributed by atoms with van der Waals surface area (Å²) >= 11 is 3.19. The van der Waals surface area contributed by atoms with Crippen molar-refractivity contribution >= 4 is 33.7 Å². The molecule has 1 aromatic carbocycles. The van der Waals surface area contributed by atoms with E-state index in [2.05, 4.69) is 21.2 Å². The molecule has 0 radical (unpaired) electrons. The van der Waals surface area contributed by atoms with E-state index in [1.54, 1.807) is 13.0 Å². The van der Waals surface area contributed by atoms with Crippen molar-refractivity contribution in [2.24, 2.45) is 0 Å². The van der Waals surface area contributed by atoms with Crippen LogP contribution in [0.2, 0.25) is 0 Å². The maximum Gasteiger partial charge on any atom is 0.274 e. The van der Waals surface area contributed by atoms with Gasteiger partial charge in [-0.3, -0.25) is 14.9 Å². The molecule has 0 atom stereocenters. The Bertz CT molecular complexity index is 392. The number of hydrogen-bond donors (Lipinski definition) is 1. The van der Waals surface area contributed by atoms with Crippen LogP contribution in [-0.4, -0.2) is 11.3 Å². The molecule has 6 heteroatoms. The minimum Gasteiger partial charge on any atom is -0.327 e. The first-order valence-electron chi connectivity index (χ1n) is 3.71. The lowest BCUT2D eigenvalue weighted by Gasteiger charge is -2.04. The lowest BCUT2D eigenvalue weighted by atomic mass is 10.2. The van der Waals surface area contributed by atoms with Gasteiger partial charge in [0.15, 0.2) is 0 Å². The van der Waals surface area contributed by atoms with Gasteiger partial charge in [0, 0.05) is 16.1 Å². The number of halogens is 1. The van der Waals surface area contributed by atoms with Crippen LogP contribution in [0.1, 0.15) is 5.56 Å². The quantitative estimate of drug-likeness (QED) is 0.514. The molecule has 1 amide bonds. The van der Waals surface area contributed by atoms with E-state index in [0.29, 0.717) is 22.1 Å². The zero-order chi connectivity index (χ0) is 10.7. The molecule has 0 spiro atoms. The third-order valence-electron chi connectivity index (χ3n) is 1.70. The molecule has 0 fully saturated rings. The Morgan fingerprint density at radius 1 is 1.57 bits per heavy atom. The number of anilines is 1. The topological polar surface area (TPSA) is 72.2 Å². The highest BCUT2D eigenvalue weighted by atomic mass is 79.9. The molecule has 0 aliphatic carbocycles. The average Bonchev–Trinajstić information content (AvgIpc) is 2.09. The minimum absolute atomic E-state index is 0.0162. The molecule has 1 N–H and O–H groups in total. The molecule has 0 saturated carbocycles. The first kappa shape index (κ1) is 10.6. The number of hydrogen-bond acceptors (Lipinski definition) is 3.